The van der Waals surface area contributed by atoms with E-state index in [0.717, 1.165) is 34.6 Å². The molecule has 0 N–H and O–H groups in total. The zero-order valence-electron chi connectivity index (χ0n) is 18.4. The SMILES string of the molecule is COc1ccc(C2=NN(C(=O)COc3cccc(C=O)c3)C(c3ccc(OC)cc3)C2)cc1. The lowest BCUT2D eigenvalue weighted by Gasteiger charge is -2.22. The van der Waals surface area contributed by atoms with Gasteiger partial charge in [-0.05, 0) is 59.7 Å². The Labute approximate surface area is 192 Å². The topological polar surface area (TPSA) is 77.4 Å². The molecule has 1 heterocycles. The van der Waals surface area contributed by atoms with Gasteiger partial charge in [0, 0.05) is 12.0 Å². The summed E-state index contributed by atoms with van der Waals surface area (Å²) < 4.78 is 16.2. The highest BCUT2D eigenvalue weighted by molar-refractivity contribution is 6.03. The highest BCUT2D eigenvalue weighted by atomic mass is 16.5. The summed E-state index contributed by atoms with van der Waals surface area (Å²) in [7, 11) is 3.23. The van der Waals surface area contributed by atoms with Crippen molar-refractivity contribution in [2.45, 2.75) is 12.5 Å². The molecule has 33 heavy (non-hydrogen) atoms. The number of carbonyl (C=O) groups is 2. The van der Waals surface area contributed by atoms with E-state index in [1.54, 1.807) is 38.5 Å². The number of nitrogens with zero attached hydrogens (tertiary/aromatic N) is 2. The van der Waals surface area contributed by atoms with Gasteiger partial charge in [0.1, 0.15) is 23.5 Å². The van der Waals surface area contributed by atoms with Crippen LogP contribution in [0.5, 0.6) is 17.2 Å². The zero-order chi connectivity index (χ0) is 23.2. The molecule has 0 spiro atoms. The number of aldehydes is 1. The Morgan fingerprint density at radius 3 is 2.27 bits per heavy atom. The molecule has 0 radical (unpaired) electrons. The highest BCUT2D eigenvalue weighted by Crippen LogP contribution is 2.34. The van der Waals surface area contributed by atoms with Gasteiger partial charge in [-0.25, -0.2) is 5.01 Å². The van der Waals surface area contributed by atoms with Crippen molar-refractivity contribution in [3.05, 3.63) is 89.5 Å². The quantitative estimate of drug-likeness (QED) is 0.485. The Morgan fingerprint density at radius 2 is 1.64 bits per heavy atom. The number of ether oxygens (including phenoxy) is 3. The van der Waals surface area contributed by atoms with E-state index < -0.39 is 0 Å². The number of hydrazone groups is 1. The largest absolute Gasteiger partial charge is 0.497 e. The van der Waals surface area contributed by atoms with Crippen LogP contribution in [0.2, 0.25) is 0 Å². The first-order chi connectivity index (χ1) is 16.1. The molecule has 1 aliphatic rings. The lowest BCUT2D eigenvalue weighted by atomic mass is 9.98. The molecule has 1 amide bonds. The Kier molecular flexibility index (Phi) is 6.69. The van der Waals surface area contributed by atoms with Crippen LogP contribution < -0.4 is 14.2 Å². The number of hydrogen-bond donors (Lipinski definition) is 0. The van der Waals surface area contributed by atoms with E-state index in [-0.39, 0.29) is 18.6 Å². The molecular formula is C26H24N2O5. The number of amides is 1. The second-order valence-electron chi connectivity index (χ2n) is 7.49. The molecule has 168 valence electrons. The van der Waals surface area contributed by atoms with Crippen LogP contribution in [-0.2, 0) is 4.79 Å². The molecule has 0 saturated heterocycles. The second kappa shape index (κ2) is 9.99. The molecule has 0 saturated carbocycles. The fraction of sp³-hybridized carbons (Fsp3) is 0.192. The van der Waals surface area contributed by atoms with Crippen LogP contribution in [0.25, 0.3) is 0 Å². The van der Waals surface area contributed by atoms with Crippen molar-refractivity contribution in [2.24, 2.45) is 5.10 Å². The van der Waals surface area contributed by atoms with Crippen LogP contribution in [0, 0.1) is 0 Å². The summed E-state index contributed by atoms with van der Waals surface area (Å²) in [5, 5.41) is 6.13. The van der Waals surface area contributed by atoms with Gasteiger partial charge in [0.15, 0.2) is 6.61 Å². The molecule has 7 nitrogen and oxygen atoms in total. The lowest BCUT2D eigenvalue weighted by Crippen LogP contribution is -2.31. The molecule has 1 unspecified atom stereocenters. The van der Waals surface area contributed by atoms with Crippen molar-refractivity contribution in [3.8, 4) is 17.2 Å². The molecule has 1 aliphatic heterocycles. The first-order valence-corrected chi connectivity index (χ1v) is 10.5. The van der Waals surface area contributed by atoms with Crippen LogP contribution >= 0.6 is 0 Å². The maximum Gasteiger partial charge on any atom is 0.281 e. The monoisotopic (exact) mass is 444 g/mol. The van der Waals surface area contributed by atoms with Crippen molar-refractivity contribution in [1.29, 1.82) is 0 Å². The Morgan fingerprint density at radius 1 is 0.970 bits per heavy atom. The van der Waals surface area contributed by atoms with E-state index >= 15 is 0 Å². The Balaban J connectivity index is 1.57. The van der Waals surface area contributed by atoms with Gasteiger partial charge in [-0.3, -0.25) is 9.59 Å². The van der Waals surface area contributed by atoms with Gasteiger partial charge in [0.2, 0.25) is 0 Å². The van der Waals surface area contributed by atoms with Crippen LogP contribution in [0.3, 0.4) is 0 Å². The number of carbonyl (C=O) groups excluding carboxylic acids is 2. The summed E-state index contributed by atoms with van der Waals surface area (Å²) >= 11 is 0. The summed E-state index contributed by atoms with van der Waals surface area (Å²) in [4.78, 5) is 24.1. The minimum atomic E-state index is -0.282. The minimum Gasteiger partial charge on any atom is -0.497 e. The molecule has 4 rings (SSSR count). The van der Waals surface area contributed by atoms with Gasteiger partial charge in [-0.2, -0.15) is 5.10 Å². The smallest absolute Gasteiger partial charge is 0.281 e. The minimum absolute atomic E-state index is 0.200. The van der Waals surface area contributed by atoms with E-state index in [1.807, 2.05) is 48.5 Å². The number of rotatable bonds is 8. The molecule has 1 atom stereocenters. The predicted molar refractivity (Wildman–Crippen MR) is 124 cm³/mol. The van der Waals surface area contributed by atoms with Gasteiger partial charge in [0.05, 0.1) is 26.0 Å². The normalized spacial score (nSPS) is 15.0. The van der Waals surface area contributed by atoms with E-state index in [9.17, 15) is 9.59 Å². The van der Waals surface area contributed by atoms with Crippen LogP contribution in [0.15, 0.2) is 77.9 Å². The second-order valence-corrected chi connectivity index (χ2v) is 7.49. The van der Waals surface area contributed by atoms with Crippen molar-refractivity contribution in [1.82, 2.24) is 5.01 Å². The molecule has 7 heteroatoms. The average Bonchev–Trinajstić information content (AvgIpc) is 3.33. The summed E-state index contributed by atoms with van der Waals surface area (Å²) in [6.45, 7) is -0.200. The first kappa shape index (κ1) is 22.1. The van der Waals surface area contributed by atoms with E-state index in [4.69, 9.17) is 14.2 Å². The molecular weight excluding hydrogens is 420 g/mol. The van der Waals surface area contributed by atoms with E-state index in [0.29, 0.717) is 17.7 Å². The summed E-state index contributed by atoms with van der Waals surface area (Å²) in [6.07, 6.45) is 1.30. The van der Waals surface area contributed by atoms with Gasteiger partial charge in [-0.15, -0.1) is 0 Å². The standard InChI is InChI=1S/C26H24N2O5/c1-31-21-10-6-19(7-11-21)24-15-25(20-8-12-22(32-2)13-9-20)28(27-24)26(30)17-33-23-5-3-4-18(14-23)16-29/h3-14,16,25H,15,17H2,1-2H3. The number of benzene rings is 3. The third-order valence-electron chi connectivity index (χ3n) is 5.45. The molecule has 3 aromatic rings. The van der Waals surface area contributed by atoms with Gasteiger partial charge < -0.3 is 14.2 Å². The maximum atomic E-state index is 13.1. The predicted octanol–water partition coefficient (Wildman–Crippen LogP) is 4.27. The molecule has 3 aromatic carbocycles. The van der Waals surface area contributed by atoms with Crippen LogP contribution in [0.1, 0.15) is 33.9 Å². The third-order valence-corrected chi connectivity index (χ3v) is 5.45. The van der Waals surface area contributed by atoms with Crippen molar-refractivity contribution in [2.75, 3.05) is 20.8 Å². The zero-order valence-corrected chi connectivity index (χ0v) is 18.4. The van der Waals surface area contributed by atoms with Gasteiger partial charge in [-0.1, -0.05) is 24.3 Å². The van der Waals surface area contributed by atoms with Crippen molar-refractivity contribution in [3.63, 3.8) is 0 Å². The highest BCUT2D eigenvalue weighted by Gasteiger charge is 2.33. The third kappa shape index (κ3) is 5.03. The fourth-order valence-electron chi connectivity index (χ4n) is 3.67. The number of methoxy groups -OCH3 is 2. The van der Waals surface area contributed by atoms with Crippen LogP contribution in [0.4, 0.5) is 0 Å². The summed E-state index contributed by atoms with van der Waals surface area (Å²) in [6, 6.07) is 21.6. The lowest BCUT2D eigenvalue weighted by molar-refractivity contribution is -0.135. The van der Waals surface area contributed by atoms with E-state index in [2.05, 4.69) is 5.10 Å². The maximum absolute atomic E-state index is 13.1. The Hall–Kier alpha value is -4.13. The fourth-order valence-corrected chi connectivity index (χ4v) is 3.67. The average molecular weight is 444 g/mol. The molecule has 0 bridgehead atoms. The summed E-state index contributed by atoms with van der Waals surface area (Å²) in [5.74, 6) is 1.66. The Bertz CT molecular complexity index is 1160. The number of hydrogen-bond acceptors (Lipinski definition) is 6. The molecule has 0 fully saturated rings. The van der Waals surface area contributed by atoms with Crippen molar-refractivity contribution >= 4 is 17.9 Å². The van der Waals surface area contributed by atoms with E-state index in [1.165, 1.54) is 5.01 Å². The van der Waals surface area contributed by atoms with Crippen molar-refractivity contribution < 1.29 is 23.8 Å². The first-order valence-electron chi connectivity index (χ1n) is 10.5. The molecule has 0 aliphatic carbocycles. The van der Waals surface area contributed by atoms with Gasteiger partial charge in [0.25, 0.3) is 5.91 Å². The molecule has 0 aromatic heterocycles. The van der Waals surface area contributed by atoms with Gasteiger partial charge >= 0.3 is 0 Å². The van der Waals surface area contributed by atoms with Crippen LogP contribution in [-0.4, -0.2) is 43.7 Å². The summed E-state index contributed by atoms with van der Waals surface area (Å²) in [5.41, 5.74) is 3.15.